The van der Waals surface area contributed by atoms with Gasteiger partial charge in [0.1, 0.15) is 0 Å². The summed E-state index contributed by atoms with van der Waals surface area (Å²) in [7, 11) is 0. The van der Waals surface area contributed by atoms with E-state index >= 15 is 0 Å². The summed E-state index contributed by atoms with van der Waals surface area (Å²) in [4.78, 5) is 7.90. The molecule has 0 radical (unpaired) electrons. The highest BCUT2D eigenvalue weighted by Gasteiger charge is 1.82. The Kier molecular flexibility index (Phi) is 7.86. The molecule has 0 heterocycles. The van der Waals surface area contributed by atoms with Crippen molar-refractivity contribution in [2.75, 3.05) is 0 Å². The van der Waals surface area contributed by atoms with Gasteiger partial charge in [-0.2, -0.15) is 0 Å². The summed E-state index contributed by atoms with van der Waals surface area (Å²) in [6.45, 7) is 8.01. The van der Waals surface area contributed by atoms with Crippen molar-refractivity contribution < 1.29 is 0 Å². The van der Waals surface area contributed by atoms with Gasteiger partial charge in [-0.3, -0.25) is 0 Å². The van der Waals surface area contributed by atoms with Crippen LogP contribution in [0.5, 0.6) is 0 Å². The van der Waals surface area contributed by atoms with Gasteiger partial charge in [-0.15, -0.1) is 0 Å². The molecule has 0 saturated heterocycles. The lowest BCUT2D eigenvalue weighted by atomic mass is 10.4. The van der Waals surface area contributed by atoms with E-state index in [4.69, 9.17) is 0 Å². The average molecular weight is 142 g/mol. The quantitative estimate of drug-likeness (QED) is 0.529. The Morgan fingerprint density at radius 1 is 0.900 bits per heavy atom. The molecular weight excluding hydrogens is 124 g/mol. The van der Waals surface area contributed by atoms with E-state index in [1.807, 2.05) is 27.7 Å². The van der Waals surface area contributed by atoms with Gasteiger partial charge in [0.25, 0.3) is 0 Å². The molecule has 2 heteroatoms. The van der Waals surface area contributed by atoms with Gasteiger partial charge in [-0.05, 0) is 27.7 Å². The van der Waals surface area contributed by atoms with E-state index in [1.165, 1.54) is 0 Å². The van der Waals surface area contributed by atoms with Crippen molar-refractivity contribution in [1.82, 2.24) is 0 Å². The van der Waals surface area contributed by atoms with Crippen molar-refractivity contribution in [3.8, 4) is 0 Å². The van der Waals surface area contributed by atoms with Crippen molar-refractivity contribution in [1.29, 1.82) is 0 Å². The molecule has 0 unspecified atom stereocenters. The SMILES string of the molecule is C.CC(C)N=C=NC(C)C. The van der Waals surface area contributed by atoms with Crippen molar-refractivity contribution in [3.63, 3.8) is 0 Å². The third-order valence-electron chi connectivity index (χ3n) is 0.632. The second-order valence-electron chi connectivity index (χ2n) is 2.55. The fourth-order valence-electron chi connectivity index (χ4n) is 0.264. The van der Waals surface area contributed by atoms with E-state index in [-0.39, 0.29) is 7.43 Å². The first-order valence-corrected chi connectivity index (χ1v) is 3.27. The average Bonchev–Trinajstić information content (AvgIpc) is 1.63. The van der Waals surface area contributed by atoms with Gasteiger partial charge in [0.15, 0.2) is 0 Å². The smallest absolute Gasteiger partial charge is 0.0897 e. The summed E-state index contributed by atoms with van der Waals surface area (Å²) in [5.74, 6) is 0. The zero-order chi connectivity index (χ0) is 7.28. The van der Waals surface area contributed by atoms with Crippen LogP contribution in [0.25, 0.3) is 0 Å². The molecule has 10 heavy (non-hydrogen) atoms. The molecule has 0 bridgehead atoms. The van der Waals surface area contributed by atoms with E-state index in [1.54, 1.807) is 0 Å². The fourth-order valence-corrected chi connectivity index (χ4v) is 0.264. The molecule has 0 atom stereocenters. The van der Waals surface area contributed by atoms with Crippen LogP contribution in [-0.2, 0) is 0 Å². The van der Waals surface area contributed by atoms with E-state index in [2.05, 4.69) is 16.0 Å². The Morgan fingerprint density at radius 2 is 1.20 bits per heavy atom. The van der Waals surface area contributed by atoms with Crippen LogP contribution in [0.4, 0.5) is 0 Å². The largest absolute Gasteiger partial charge is 0.223 e. The molecule has 60 valence electrons. The van der Waals surface area contributed by atoms with Crippen molar-refractivity contribution >= 4 is 6.01 Å². The predicted molar refractivity (Wildman–Crippen MR) is 46.9 cm³/mol. The summed E-state index contributed by atoms with van der Waals surface area (Å²) in [5, 5.41) is 0. The number of hydrogen-bond acceptors (Lipinski definition) is 2. The van der Waals surface area contributed by atoms with Crippen LogP contribution in [0.15, 0.2) is 9.98 Å². The molecule has 0 aromatic carbocycles. The molecule has 0 spiro atoms. The zero-order valence-electron chi connectivity index (χ0n) is 6.55. The minimum Gasteiger partial charge on any atom is -0.223 e. The first kappa shape index (κ1) is 12.1. The number of hydrogen-bond donors (Lipinski definition) is 0. The summed E-state index contributed by atoms with van der Waals surface area (Å²) < 4.78 is 0. The molecule has 0 amide bonds. The zero-order valence-corrected chi connectivity index (χ0v) is 6.55. The van der Waals surface area contributed by atoms with Crippen LogP contribution in [0, 0.1) is 0 Å². The van der Waals surface area contributed by atoms with Crippen molar-refractivity contribution in [2.24, 2.45) is 9.98 Å². The van der Waals surface area contributed by atoms with E-state index in [0.29, 0.717) is 12.1 Å². The molecule has 2 nitrogen and oxygen atoms in total. The molecule has 0 aromatic rings. The Labute approximate surface area is 64.1 Å². The minimum atomic E-state index is 0. The summed E-state index contributed by atoms with van der Waals surface area (Å²) in [5.41, 5.74) is 0. The van der Waals surface area contributed by atoms with Crippen LogP contribution < -0.4 is 0 Å². The number of rotatable bonds is 2. The fraction of sp³-hybridized carbons (Fsp3) is 0.875. The van der Waals surface area contributed by atoms with Gasteiger partial charge in [-0.1, -0.05) is 7.43 Å². The second-order valence-corrected chi connectivity index (χ2v) is 2.55. The van der Waals surface area contributed by atoms with Crippen LogP contribution in [0.2, 0.25) is 0 Å². The monoisotopic (exact) mass is 142 g/mol. The van der Waals surface area contributed by atoms with Crippen molar-refractivity contribution in [2.45, 2.75) is 47.2 Å². The normalized spacial score (nSPS) is 8.60. The second kappa shape index (κ2) is 6.50. The van der Waals surface area contributed by atoms with Gasteiger partial charge in [0.2, 0.25) is 0 Å². The summed E-state index contributed by atoms with van der Waals surface area (Å²) in [6, 6.07) is 3.26. The molecule has 0 aliphatic carbocycles. The number of nitrogens with zero attached hydrogens (tertiary/aromatic N) is 2. The first-order valence-electron chi connectivity index (χ1n) is 3.27. The van der Waals surface area contributed by atoms with Gasteiger partial charge >= 0.3 is 0 Å². The third kappa shape index (κ3) is 10.4. The molecular formula is C8H18N2. The maximum Gasteiger partial charge on any atom is 0.0897 e. The Balaban J connectivity index is 0. The highest BCUT2D eigenvalue weighted by atomic mass is 14.8. The Hall–Kier alpha value is -0.620. The summed E-state index contributed by atoms with van der Waals surface area (Å²) in [6.07, 6.45) is 0. The lowest BCUT2D eigenvalue weighted by molar-refractivity contribution is 0.818. The standard InChI is InChI=1S/C7H14N2.CH4/c1-6(2)8-5-9-7(3)4;/h6-7H,1-4H3;1H4. The molecule has 0 aliphatic rings. The minimum absolute atomic E-state index is 0. The van der Waals surface area contributed by atoms with Gasteiger partial charge < -0.3 is 0 Å². The summed E-state index contributed by atoms with van der Waals surface area (Å²) >= 11 is 0. The lowest BCUT2D eigenvalue weighted by Crippen LogP contribution is -1.88. The van der Waals surface area contributed by atoms with Gasteiger partial charge in [0, 0.05) is 0 Å². The highest BCUT2D eigenvalue weighted by Crippen LogP contribution is 1.84. The highest BCUT2D eigenvalue weighted by molar-refractivity contribution is 5.41. The van der Waals surface area contributed by atoms with Crippen LogP contribution in [0.3, 0.4) is 0 Å². The van der Waals surface area contributed by atoms with Crippen LogP contribution in [0.1, 0.15) is 35.1 Å². The van der Waals surface area contributed by atoms with Crippen LogP contribution >= 0.6 is 0 Å². The molecule has 0 fully saturated rings. The molecule has 0 aliphatic heterocycles. The van der Waals surface area contributed by atoms with Gasteiger partial charge in [-0.25, -0.2) is 9.98 Å². The Bertz CT molecular complexity index is 107. The lowest BCUT2D eigenvalue weighted by Gasteiger charge is -1.89. The maximum atomic E-state index is 3.95. The molecule has 0 aromatic heterocycles. The van der Waals surface area contributed by atoms with Crippen molar-refractivity contribution in [3.05, 3.63) is 0 Å². The molecule has 0 N–H and O–H groups in total. The molecule has 0 saturated carbocycles. The van der Waals surface area contributed by atoms with Crippen LogP contribution in [-0.4, -0.2) is 18.1 Å². The first-order chi connectivity index (χ1) is 4.13. The van der Waals surface area contributed by atoms with Gasteiger partial charge in [0.05, 0.1) is 18.1 Å². The Morgan fingerprint density at radius 3 is 1.40 bits per heavy atom. The topological polar surface area (TPSA) is 24.7 Å². The van der Waals surface area contributed by atoms with E-state index in [0.717, 1.165) is 0 Å². The predicted octanol–water partition coefficient (Wildman–Crippen LogP) is 2.61. The van der Waals surface area contributed by atoms with E-state index < -0.39 is 0 Å². The maximum absolute atomic E-state index is 3.95. The van der Waals surface area contributed by atoms with E-state index in [9.17, 15) is 0 Å². The number of aliphatic imine (C=N–C) groups is 2. The third-order valence-corrected chi connectivity index (χ3v) is 0.632. The molecule has 0 rings (SSSR count).